The van der Waals surface area contributed by atoms with Crippen molar-refractivity contribution >= 4 is 59.2 Å². The Hall–Kier alpha value is -4.25. The number of Topliss-reactive ketones (excluding diaryl/α,β-unsaturated/α-hetero) is 1. The number of benzene rings is 1. The van der Waals surface area contributed by atoms with Gasteiger partial charge in [0.05, 0.1) is 5.92 Å². The predicted molar refractivity (Wildman–Crippen MR) is 214 cm³/mol. The van der Waals surface area contributed by atoms with Crippen molar-refractivity contribution in [2.75, 3.05) is 50.7 Å². The summed E-state index contributed by atoms with van der Waals surface area (Å²) in [7, 11) is 0. The first kappa shape index (κ1) is 37.7. The van der Waals surface area contributed by atoms with Crippen LogP contribution in [0, 0.1) is 6.92 Å². The Morgan fingerprint density at radius 1 is 0.891 bits per heavy atom. The van der Waals surface area contributed by atoms with E-state index in [9.17, 15) is 19.2 Å². The Morgan fingerprint density at radius 2 is 1.67 bits per heavy atom. The summed E-state index contributed by atoms with van der Waals surface area (Å²) in [6, 6.07) is 13.3. The van der Waals surface area contributed by atoms with Crippen molar-refractivity contribution in [1.29, 1.82) is 0 Å². The van der Waals surface area contributed by atoms with Crippen LogP contribution in [-0.4, -0.2) is 115 Å². The number of fused-ring (bicyclic) bond motifs is 1. The van der Waals surface area contributed by atoms with E-state index in [4.69, 9.17) is 15.0 Å². The molecule has 13 heteroatoms. The van der Waals surface area contributed by atoms with Crippen molar-refractivity contribution in [1.82, 2.24) is 34.6 Å². The molecule has 1 aliphatic carbocycles. The first-order valence-corrected chi connectivity index (χ1v) is 21.8. The summed E-state index contributed by atoms with van der Waals surface area (Å²) in [5.74, 6) is -0.817. The van der Waals surface area contributed by atoms with Gasteiger partial charge < -0.3 is 4.90 Å². The van der Waals surface area contributed by atoms with Gasteiger partial charge in [0.1, 0.15) is 0 Å². The van der Waals surface area contributed by atoms with Gasteiger partial charge >= 0.3 is 231 Å². The second-order valence-corrected chi connectivity index (χ2v) is 17.9. The van der Waals surface area contributed by atoms with Gasteiger partial charge in [0, 0.05) is 25.2 Å². The normalized spacial score (nSPS) is 20.9. The molecule has 4 aromatic rings. The molecule has 3 aromatic heterocycles. The number of imide groups is 1. The molecular weight excluding hydrogens is 755 g/mol. The monoisotopic (exact) mass is 805 g/mol. The molecule has 1 saturated carbocycles. The fraction of sp³-hybridized carbons (Fsp3) is 0.500. The predicted octanol–water partition coefficient (Wildman–Crippen LogP) is 2.82. The van der Waals surface area contributed by atoms with Crippen LogP contribution in [0.2, 0.25) is 0 Å². The summed E-state index contributed by atoms with van der Waals surface area (Å²) in [5, 5.41) is 3.27. The Labute approximate surface area is 328 Å². The van der Waals surface area contributed by atoms with Gasteiger partial charge in [0.25, 0.3) is 0 Å². The number of carbonyl (C=O) groups excluding carboxylic acids is 3. The average Bonchev–Trinajstić information content (AvgIpc) is 3.72. The number of anilines is 1. The summed E-state index contributed by atoms with van der Waals surface area (Å²) in [6.45, 7) is 10.6. The van der Waals surface area contributed by atoms with Crippen molar-refractivity contribution in [3.05, 3.63) is 81.4 Å². The first-order chi connectivity index (χ1) is 26.7. The van der Waals surface area contributed by atoms with E-state index in [-0.39, 0.29) is 40.7 Å². The molecule has 1 N–H and O–H groups in total. The van der Waals surface area contributed by atoms with Gasteiger partial charge in [-0.25, -0.2) is 0 Å². The quantitative estimate of drug-likeness (QED) is 0.145. The van der Waals surface area contributed by atoms with Crippen molar-refractivity contribution in [2.45, 2.75) is 89.6 Å². The standard InChI is InChI=1S/C42H50AsN8O4/c1-27-35-26-45-42(47-39(35)51(32-7-3-4-8-32)41(55)38(27)28(2)52)43-36-12-10-29(25-44-36)14-17-48-18-15-31(16-19-48)49-20-22-50(23-21-49)33-9-5-6-30(24-33)34-11-13-37(53)46-40(34)54/h5-6,9-10,12,24-26,31-32,34H,3-4,7-8,11,13-23H2,1-2H3,(H,46,53,54). The zero-order chi connectivity index (χ0) is 38.1. The number of pyridine rings is 2. The van der Waals surface area contributed by atoms with Crippen LogP contribution in [0.4, 0.5) is 5.69 Å². The van der Waals surface area contributed by atoms with Crippen molar-refractivity contribution in [3.63, 3.8) is 0 Å². The van der Waals surface area contributed by atoms with E-state index in [1.165, 1.54) is 25.3 Å². The molecule has 4 fully saturated rings. The molecule has 55 heavy (non-hydrogen) atoms. The van der Waals surface area contributed by atoms with Gasteiger partial charge in [0.15, 0.2) is 0 Å². The molecule has 1 unspecified atom stereocenters. The first-order valence-electron chi connectivity index (χ1n) is 20.0. The Kier molecular flexibility index (Phi) is 11.3. The number of piperidine rings is 2. The molecule has 0 bridgehead atoms. The molecule has 0 spiro atoms. The minimum atomic E-state index is -0.564. The molecule has 2 amide bonds. The van der Waals surface area contributed by atoms with Gasteiger partial charge in [-0.15, -0.1) is 0 Å². The van der Waals surface area contributed by atoms with E-state index in [0.29, 0.717) is 34.7 Å². The molecule has 287 valence electrons. The van der Waals surface area contributed by atoms with Crippen LogP contribution < -0.4 is 24.9 Å². The van der Waals surface area contributed by atoms with E-state index in [0.717, 1.165) is 99.0 Å². The third-order valence-corrected chi connectivity index (χ3v) is 14.2. The number of hydrogen-bond donors (Lipinski definition) is 1. The van der Waals surface area contributed by atoms with E-state index >= 15 is 0 Å². The van der Waals surface area contributed by atoms with E-state index < -0.39 is 15.8 Å². The van der Waals surface area contributed by atoms with Crippen LogP contribution in [-0.2, 0) is 16.0 Å². The Morgan fingerprint density at radius 3 is 2.38 bits per heavy atom. The molecule has 1 atom stereocenters. The molecule has 1 radical (unpaired) electrons. The number of aromatic nitrogens is 4. The van der Waals surface area contributed by atoms with Crippen LogP contribution in [0.15, 0.2) is 53.6 Å². The van der Waals surface area contributed by atoms with Crippen LogP contribution in [0.25, 0.3) is 11.0 Å². The van der Waals surface area contributed by atoms with Gasteiger partial charge in [-0.3, -0.25) is 14.9 Å². The second-order valence-electron chi connectivity index (χ2n) is 15.7. The van der Waals surface area contributed by atoms with Crippen molar-refractivity contribution in [3.8, 4) is 0 Å². The van der Waals surface area contributed by atoms with Crippen LogP contribution in [0.1, 0.15) is 97.3 Å². The Bertz CT molecular complexity index is 2130. The summed E-state index contributed by atoms with van der Waals surface area (Å²) < 4.78 is 3.48. The molecule has 8 rings (SSSR count). The number of carbonyl (C=O) groups is 3. The maximum atomic E-state index is 13.6. The average molecular weight is 806 g/mol. The zero-order valence-electron chi connectivity index (χ0n) is 31.9. The van der Waals surface area contributed by atoms with Gasteiger partial charge in [0.2, 0.25) is 11.8 Å². The number of amides is 2. The molecule has 4 aliphatic rings. The van der Waals surface area contributed by atoms with E-state index in [1.54, 1.807) is 10.8 Å². The van der Waals surface area contributed by atoms with Gasteiger partial charge in [-0.05, 0) is 24.1 Å². The van der Waals surface area contributed by atoms with E-state index in [1.807, 2.05) is 25.3 Å². The summed E-state index contributed by atoms with van der Waals surface area (Å²) in [4.78, 5) is 72.2. The summed E-state index contributed by atoms with van der Waals surface area (Å²) in [5.41, 5.74) is 4.74. The molecule has 6 heterocycles. The van der Waals surface area contributed by atoms with E-state index in [2.05, 4.69) is 44.3 Å². The topological polar surface area (TPSA) is 134 Å². The number of likely N-dealkylation sites (tertiary alicyclic amines) is 1. The van der Waals surface area contributed by atoms with Gasteiger partial charge in [-0.1, -0.05) is 12.1 Å². The number of nitrogens with one attached hydrogen (secondary N) is 1. The fourth-order valence-corrected chi connectivity index (χ4v) is 10.6. The van der Waals surface area contributed by atoms with Crippen LogP contribution >= 0.6 is 0 Å². The fourth-order valence-electron chi connectivity index (χ4n) is 9.12. The molecule has 1 aromatic carbocycles. The van der Waals surface area contributed by atoms with Gasteiger partial charge in [-0.2, -0.15) is 0 Å². The Balaban J connectivity index is 0.815. The third kappa shape index (κ3) is 8.18. The number of aryl methyl sites for hydroxylation is 1. The van der Waals surface area contributed by atoms with Crippen molar-refractivity contribution < 1.29 is 14.4 Å². The third-order valence-electron chi connectivity index (χ3n) is 12.2. The molecule has 3 aliphatic heterocycles. The SMILES string of the molecule is CC(=O)c1c(C)c2cnc([As]c3ccc(CCN4CCC(N5CCN(c6cccc(C7CCC(=O)NC7=O)c6)CC5)CC4)cn3)nc2n(C2CCCC2)c1=O. The van der Waals surface area contributed by atoms with Crippen LogP contribution in [0.5, 0.6) is 0 Å². The van der Waals surface area contributed by atoms with Crippen molar-refractivity contribution in [2.24, 2.45) is 0 Å². The summed E-state index contributed by atoms with van der Waals surface area (Å²) in [6.07, 6.45) is 12.1. The molecular formula is C42H50AsN8O4. The van der Waals surface area contributed by atoms with Crippen LogP contribution in [0.3, 0.4) is 0 Å². The maximum absolute atomic E-state index is 13.6. The number of nitrogens with zero attached hydrogens (tertiary/aromatic N) is 7. The molecule has 3 saturated heterocycles. The number of rotatable bonds is 10. The molecule has 12 nitrogen and oxygen atoms in total. The minimum absolute atomic E-state index is 0.0666. The number of hydrogen-bond acceptors (Lipinski definition) is 10. The number of piperazine rings is 1. The second kappa shape index (κ2) is 16.5. The zero-order valence-corrected chi connectivity index (χ0v) is 33.8. The number of ketones is 1. The summed E-state index contributed by atoms with van der Waals surface area (Å²) >= 11 is -0.564.